The van der Waals surface area contributed by atoms with Crippen molar-refractivity contribution in [3.8, 4) is 0 Å². The molecule has 0 aliphatic carbocycles. The summed E-state index contributed by atoms with van der Waals surface area (Å²) >= 11 is 0. The molecule has 2 aromatic rings. The molecule has 9 nitrogen and oxygen atoms in total. The second-order valence-corrected chi connectivity index (χ2v) is 8.93. The van der Waals surface area contributed by atoms with Gasteiger partial charge in [-0.15, -0.1) is 0 Å². The van der Waals surface area contributed by atoms with E-state index in [9.17, 15) is 8.42 Å². The zero-order valence-corrected chi connectivity index (χ0v) is 17.0. The molecule has 1 fully saturated rings. The van der Waals surface area contributed by atoms with Crippen molar-refractivity contribution < 1.29 is 12.9 Å². The van der Waals surface area contributed by atoms with Gasteiger partial charge >= 0.3 is 0 Å². The van der Waals surface area contributed by atoms with Crippen LogP contribution in [0, 0.1) is 19.8 Å². The van der Waals surface area contributed by atoms with E-state index < -0.39 is 10.0 Å². The standard InChI is InChI=1S/C17H26N6O3S/c1-12-17(13(2)26-21-12)27(24,25)23-6-5-18-9-14(10-23)7-15-8-16(22(3)4)20-11-19-15/h8,11,14,18H,5-7,9-10H2,1-4H3/t14-/m0/s1. The van der Waals surface area contributed by atoms with E-state index >= 15 is 0 Å². The Hall–Kier alpha value is -2.04. The molecule has 0 radical (unpaired) electrons. The first kappa shape index (κ1) is 19.7. The summed E-state index contributed by atoms with van der Waals surface area (Å²) in [5, 5.41) is 7.13. The smallest absolute Gasteiger partial charge is 0.248 e. The van der Waals surface area contributed by atoms with Gasteiger partial charge < -0.3 is 14.7 Å². The fourth-order valence-electron chi connectivity index (χ4n) is 3.32. The Labute approximate surface area is 159 Å². The van der Waals surface area contributed by atoms with E-state index in [0.717, 1.165) is 18.1 Å². The molecule has 2 aromatic heterocycles. The number of nitrogens with one attached hydrogen (secondary N) is 1. The number of hydrogen-bond acceptors (Lipinski definition) is 8. The van der Waals surface area contributed by atoms with Gasteiger partial charge in [0.25, 0.3) is 0 Å². The molecule has 10 heteroatoms. The van der Waals surface area contributed by atoms with Crippen molar-refractivity contribution in [3.63, 3.8) is 0 Å². The molecular weight excluding hydrogens is 368 g/mol. The summed E-state index contributed by atoms with van der Waals surface area (Å²) in [6.45, 7) is 5.45. The number of aromatic nitrogens is 3. The van der Waals surface area contributed by atoms with Crippen LogP contribution in [-0.4, -0.2) is 68.1 Å². The van der Waals surface area contributed by atoms with Gasteiger partial charge in [-0.2, -0.15) is 4.31 Å². The lowest BCUT2D eigenvalue weighted by Gasteiger charge is -2.23. The second kappa shape index (κ2) is 7.91. The largest absolute Gasteiger partial charge is 0.363 e. The van der Waals surface area contributed by atoms with E-state index in [1.165, 1.54) is 4.31 Å². The van der Waals surface area contributed by atoms with Crippen LogP contribution in [0.5, 0.6) is 0 Å². The molecule has 3 rings (SSSR count). The van der Waals surface area contributed by atoms with Crippen LogP contribution in [0.4, 0.5) is 5.82 Å². The third kappa shape index (κ3) is 4.28. The number of hydrogen-bond donors (Lipinski definition) is 1. The number of nitrogens with zero attached hydrogens (tertiary/aromatic N) is 5. The third-order valence-corrected chi connectivity index (χ3v) is 6.77. The first-order valence-electron chi connectivity index (χ1n) is 8.91. The minimum Gasteiger partial charge on any atom is -0.363 e. The average molecular weight is 395 g/mol. The Morgan fingerprint density at radius 1 is 1.33 bits per heavy atom. The van der Waals surface area contributed by atoms with Gasteiger partial charge in [0.05, 0.1) is 0 Å². The van der Waals surface area contributed by atoms with Crippen molar-refractivity contribution in [1.29, 1.82) is 0 Å². The predicted molar refractivity (Wildman–Crippen MR) is 101 cm³/mol. The molecule has 1 N–H and O–H groups in total. The molecule has 0 bridgehead atoms. The number of aryl methyl sites for hydroxylation is 2. The molecular formula is C17H26N6O3S. The van der Waals surface area contributed by atoms with Crippen LogP contribution < -0.4 is 10.2 Å². The lowest BCUT2D eigenvalue weighted by atomic mass is 10.0. The summed E-state index contributed by atoms with van der Waals surface area (Å²) in [7, 11) is 0.202. The molecule has 1 aliphatic heterocycles. The van der Waals surface area contributed by atoms with Crippen LogP contribution >= 0.6 is 0 Å². The highest BCUT2D eigenvalue weighted by atomic mass is 32.2. The molecule has 27 heavy (non-hydrogen) atoms. The van der Waals surface area contributed by atoms with Gasteiger partial charge in [-0.05, 0) is 32.7 Å². The normalized spacial score (nSPS) is 19.0. The molecule has 0 spiro atoms. The Balaban J connectivity index is 1.81. The fraction of sp³-hybridized carbons (Fsp3) is 0.588. The molecule has 0 amide bonds. The van der Waals surface area contributed by atoms with Crippen LogP contribution in [0.15, 0.2) is 21.8 Å². The Morgan fingerprint density at radius 2 is 2.11 bits per heavy atom. The number of anilines is 1. The highest BCUT2D eigenvalue weighted by Crippen LogP contribution is 2.25. The van der Waals surface area contributed by atoms with Crippen LogP contribution in [-0.2, 0) is 16.4 Å². The van der Waals surface area contributed by atoms with E-state index in [2.05, 4.69) is 20.4 Å². The number of rotatable bonds is 5. The van der Waals surface area contributed by atoms with Gasteiger partial charge in [0.15, 0.2) is 5.76 Å². The van der Waals surface area contributed by atoms with E-state index in [-0.39, 0.29) is 10.8 Å². The van der Waals surface area contributed by atoms with E-state index in [1.54, 1.807) is 20.2 Å². The zero-order chi connectivity index (χ0) is 19.6. The van der Waals surface area contributed by atoms with Gasteiger partial charge in [0.2, 0.25) is 10.0 Å². The van der Waals surface area contributed by atoms with Crippen LogP contribution in [0.1, 0.15) is 17.1 Å². The lowest BCUT2D eigenvalue weighted by Crippen LogP contribution is -2.37. The molecule has 1 aliphatic rings. The third-order valence-electron chi connectivity index (χ3n) is 4.66. The minimum absolute atomic E-state index is 0.104. The first-order chi connectivity index (χ1) is 12.8. The molecule has 3 heterocycles. The van der Waals surface area contributed by atoms with Crippen LogP contribution in [0.3, 0.4) is 0 Å². The van der Waals surface area contributed by atoms with Crippen molar-refractivity contribution in [1.82, 2.24) is 24.7 Å². The summed E-state index contributed by atoms with van der Waals surface area (Å²) in [6.07, 6.45) is 2.22. The van der Waals surface area contributed by atoms with Gasteiger partial charge in [0.1, 0.15) is 22.7 Å². The highest BCUT2D eigenvalue weighted by molar-refractivity contribution is 7.89. The summed E-state index contributed by atoms with van der Waals surface area (Å²) in [4.78, 5) is 10.7. The van der Waals surface area contributed by atoms with E-state index in [1.807, 2.05) is 25.1 Å². The highest BCUT2D eigenvalue weighted by Gasteiger charge is 2.33. The van der Waals surface area contributed by atoms with Crippen LogP contribution in [0.2, 0.25) is 0 Å². The maximum Gasteiger partial charge on any atom is 0.248 e. The second-order valence-electron chi connectivity index (χ2n) is 7.05. The van der Waals surface area contributed by atoms with Crippen molar-refractivity contribution in [2.45, 2.75) is 25.2 Å². The molecule has 148 valence electrons. The fourth-order valence-corrected chi connectivity index (χ4v) is 5.13. The van der Waals surface area contributed by atoms with Crippen LogP contribution in [0.25, 0.3) is 0 Å². The average Bonchev–Trinajstić information content (AvgIpc) is 2.82. The van der Waals surface area contributed by atoms with Crippen molar-refractivity contribution in [2.75, 3.05) is 45.2 Å². The molecule has 1 atom stereocenters. The Kier molecular flexibility index (Phi) is 5.78. The molecule has 0 aromatic carbocycles. The maximum atomic E-state index is 13.2. The summed E-state index contributed by atoms with van der Waals surface area (Å²) in [5.74, 6) is 1.27. The summed E-state index contributed by atoms with van der Waals surface area (Å²) in [5.41, 5.74) is 1.30. The first-order valence-corrected chi connectivity index (χ1v) is 10.3. The van der Waals surface area contributed by atoms with E-state index in [4.69, 9.17) is 4.52 Å². The summed E-state index contributed by atoms with van der Waals surface area (Å²) < 4.78 is 32.9. The van der Waals surface area contributed by atoms with Gasteiger partial charge in [-0.25, -0.2) is 18.4 Å². The number of sulfonamides is 1. The Morgan fingerprint density at radius 3 is 2.78 bits per heavy atom. The van der Waals surface area contributed by atoms with E-state index in [0.29, 0.717) is 37.5 Å². The van der Waals surface area contributed by atoms with Crippen molar-refractivity contribution >= 4 is 15.8 Å². The summed E-state index contributed by atoms with van der Waals surface area (Å²) in [6, 6.07) is 1.94. The predicted octanol–water partition coefficient (Wildman–Crippen LogP) is 0.600. The Bertz CT molecular complexity index is 876. The maximum absolute atomic E-state index is 13.2. The van der Waals surface area contributed by atoms with Gasteiger partial charge in [0, 0.05) is 45.5 Å². The van der Waals surface area contributed by atoms with Crippen molar-refractivity contribution in [2.24, 2.45) is 5.92 Å². The monoisotopic (exact) mass is 394 g/mol. The van der Waals surface area contributed by atoms with Crippen molar-refractivity contribution in [3.05, 3.63) is 29.5 Å². The molecule has 1 saturated heterocycles. The van der Waals surface area contributed by atoms with Gasteiger partial charge in [-0.3, -0.25) is 0 Å². The topological polar surface area (TPSA) is 104 Å². The van der Waals surface area contributed by atoms with Gasteiger partial charge in [-0.1, -0.05) is 5.16 Å². The lowest BCUT2D eigenvalue weighted by molar-refractivity contribution is 0.370. The molecule has 0 unspecified atom stereocenters. The SMILES string of the molecule is Cc1noc(C)c1S(=O)(=O)N1CCNC[C@H](Cc2cc(N(C)C)ncn2)C1. The quantitative estimate of drug-likeness (QED) is 0.786. The zero-order valence-electron chi connectivity index (χ0n) is 16.1. The minimum atomic E-state index is -3.65. The molecule has 0 saturated carbocycles.